The predicted octanol–water partition coefficient (Wildman–Crippen LogP) is 3.97. The summed E-state index contributed by atoms with van der Waals surface area (Å²) in [6, 6.07) is 0. The van der Waals surface area contributed by atoms with Crippen LogP contribution in [0.2, 0.25) is 0 Å². The van der Waals surface area contributed by atoms with E-state index in [1.54, 1.807) is 0 Å². The fourth-order valence-corrected chi connectivity index (χ4v) is 5.64. The van der Waals surface area contributed by atoms with Gasteiger partial charge in [0.25, 0.3) is 5.97 Å². The van der Waals surface area contributed by atoms with Crippen molar-refractivity contribution in [2.75, 3.05) is 19.8 Å². The summed E-state index contributed by atoms with van der Waals surface area (Å²) in [6.07, 6.45) is 8.00. The Kier molecular flexibility index (Phi) is 4.13. The zero-order chi connectivity index (χ0) is 14.2. The van der Waals surface area contributed by atoms with Gasteiger partial charge in [-0.25, -0.2) is 0 Å². The van der Waals surface area contributed by atoms with E-state index in [2.05, 4.69) is 0 Å². The summed E-state index contributed by atoms with van der Waals surface area (Å²) in [7, 11) is 0. The minimum absolute atomic E-state index is 0.101. The van der Waals surface area contributed by atoms with Gasteiger partial charge in [0.15, 0.2) is 0 Å². The van der Waals surface area contributed by atoms with Crippen molar-refractivity contribution >= 4 is 0 Å². The summed E-state index contributed by atoms with van der Waals surface area (Å²) in [4.78, 5) is 0. The van der Waals surface area contributed by atoms with Gasteiger partial charge in [-0.1, -0.05) is 0 Å². The van der Waals surface area contributed by atoms with Crippen molar-refractivity contribution in [3.8, 4) is 0 Å². The maximum absolute atomic E-state index is 6.15. The summed E-state index contributed by atoms with van der Waals surface area (Å²) in [5.41, 5.74) is 0.101. The van der Waals surface area contributed by atoms with Crippen LogP contribution in [0.3, 0.4) is 0 Å². The van der Waals surface area contributed by atoms with Crippen molar-refractivity contribution in [1.82, 2.24) is 0 Å². The van der Waals surface area contributed by atoms with E-state index in [1.807, 2.05) is 20.8 Å². The molecular weight excluding hydrogens is 252 g/mol. The highest BCUT2D eigenvalue weighted by atomic mass is 16.9. The smallest absolute Gasteiger partial charge is 0.288 e. The fraction of sp³-hybridized carbons (Fsp3) is 1.00. The van der Waals surface area contributed by atoms with Crippen LogP contribution in [-0.4, -0.2) is 25.8 Å². The molecule has 0 N–H and O–H groups in total. The minimum atomic E-state index is -0.790. The molecule has 0 unspecified atom stereocenters. The van der Waals surface area contributed by atoms with Crippen molar-refractivity contribution in [3.63, 3.8) is 0 Å². The lowest BCUT2D eigenvalue weighted by Crippen LogP contribution is -2.62. The van der Waals surface area contributed by atoms with Crippen LogP contribution in [0.25, 0.3) is 0 Å². The van der Waals surface area contributed by atoms with Crippen molar-refractivity contribution in [1.29, 1.82) is 0 Å². The molecule has 0 heterocycles. The third kappa shape index (κ3) is 2.22. The molecule has 0 aromatic heterocycles. The van der Waals surface area contributed by atoms with Gasteiger partial charge in [-0.3, -0.25) is 0 Å². The summed E-state index contributed by atoms with van der Waals surface area (Å²) in [5, 5.41) is 0. The highest BCUT2D eigenvalue weighted by molar-refractivity contribution is 5.05. The molecular formula is C17H30O3. The maximum Gasteiger partial charge on any atom is 0.288 e. The van der Waals surface area contributed by atoms with Crippen molar-refractivity contribution in [2.24, 2.45) is 23.2 Å². The largest absolute Gasteiger partial charge is 0.327 e. The third-order valence-corrected chi connectivity index (χ3v) is 5.69. The molecule has 4 aliphatic rings. The van der Waals surface area contributed by atoms with Crippen LogP contribution in [-0.2, 0) is 14.2 Å². The van der Waals surface area contributed by atoms with E-state index in [0.29, 0.717) is 19.8 Å². The van der Waals surface area contributed by atoms with Crippen LogP contribution in [0.15, 0.2) is 0 Å². The zero-order valence-electron chi connectivity index (χ0n) is 13.3. The van der Waals surface area contributed by atoms with E-state index >= 15 is 0 Å². The molecule has 116 valence electrons. The van der Waals surface area contributed by atoms with Gasteiger partial charge in [0.2, 0.25) is 0 Å². The van der Waals surface area contributed by atoms with Crippen LogP contribution in [0, 0.1) is 23.2 Å². The monoisotopic (exact) mass is 282 g/mol. The highest BCUT2D eigenvalue weighted by Crippen LogP contribution is 2.64. The lowest BCUT2D eigenvalue weighted by molar-refractivity contribution is -0.444. The van der Waals surface area contributed by atoms with Gasteiger partial charge in [0.05, 0.1) is 5.41 Å². The normalized spacial score (nSPS) is 39.5. The topological polar surface area (TPSA) is 27.7 Å². The number of hydrogen-bond acceptors (Lipinski definition) is 3. The van der Waals surface area contributed by atoms with Crippen LogP contribution >= 0.6 is 0 Å². The van der Waals surface area contributed by atoms with Gasteiger partial charge in [-0.2, -0.15) is 0 Å². The predicted molar refractivity (Wildman–Crippen MR) is 78.2 cm³/mol. The summed E-state index contributed by atoms with van der Waals surface area (Å²) >= 11 is 0. The number of hydrogen-bond donors (Lipinski definition) is 0. The van der Waals surface area contributed by atoms with Crippen LogP contribution in [0.4, 0.5) is 0 Å². The van der Waals surface area contributed by atoms with E-state index in [-0.39, 0.29) is 5.41 Å². The van der Waals surface area contributed by atoms with E-state index in [9.17, 15) is 0 Å². The highest BCUT2D eigenvalue weighted by Gasteiger charge is 2.63. The Hall–Kier alpha value is -0.120. The standard InChI is InChI=1S/C17H30O3/c1-4-18-17(19-5-2,20-6-3)16-10-13-7-14(11-16)9-15(8-13)12-16/h13-15H,4-12H2,1-3H3. The van der Waals surface area contributed by atoms with Crippen LogP contribution in [0.1, 0.15) is 59.3 Å². The van der Waals surface area contributed by atoms with E-state index in [0.717, 1.165) is 17.8 Å². The Labute approximate surface area is 123 Å². The molecule has 0 aromatic rings. The molecule has 0 atom stereocenters. The zero-order valence-corrected chi connectivity index (χ0v) is 13.3. The molecule has 0 saturated heterocycles. The maximum atomic E-state index is 6.15. The Morgan fingerprint density at radius 3 is 1.40 bits per heavy atom. The second kappa shape index (κ2) is 5.58. The van der Waals surface area contributed by atoms with Gasteiger partial charge in [0.1, 0.15) is 0 Å². The molecule has 0 spiro atoms. The van der Waals surface area contributed by atoms with Gasteiger partial charge in [-0.05, 0) is 77.0 Å². The Bertz CT molecular complexity index is 287. The molecule has 3 nitrogen and oxygen atoms in total. The van der Waals surface area contributed by atoms with E-state index in [1.165, 1.54) is 38.5 Å². The third-order valence-electron chi connectivity index (χ3n) is 5.69. The summed E-state index contributed by atoms with van der Waals surface area (Å²) in [6.45, 7) is 8.11. The Morgan fingerprint density at radius 1 is 0.750 bits per heavy atom. The van der Waals surface area contributed by atoms with Gasteiger partial charge >= 0.3 is 0 Å². The molecule has 0 amide bonds. The molecule has 0 aliphatic heterocycles. The van der Waals surface area contributed by atoms with Gasteiger partial charge < -0.3 is 14.2 Å². The molecule has 4 saturated carbocycles. The lowest BCUT2D eigenvalue weighted by Gasteiger charge is -2.61. The number of ether oxygens (including phenoxy) is 3. The summed E-state index contributed by atoms with van der Waals surface area (Å²) in [5.74, 6) is 1.84. The minimum Gasteiger partial charge on any atom is -0.327 e. The average molecular weight is 282 g/mol. The van der Waals surface area contributed by atoms with Crippen molar-refractivity contribution < 1.29 is 14.2 Å². The average Bonchev–Trinajstić information content (AvgIpc) is 2.37. The first-order chi connectivity index (χ1) is 9.67. The SMILES string of the molecule is CCOC(OCC)(OCC)C12CC3CC(CC(C3)C1)C2. The molecule has 4 bridgehead atoms. The van der Waals surface area contributed by atoms with Crippen molar-refractivity contribution in [2.45, 2.75) is 65.3 Å². The van der Waals surface area contributed by atoms with Crippen LogP contribution in [0.5, 0.6) is 0 Å². The lowest BCUT2D eigenvalue weighted by atomic mass is 9.48. The molecule has 20 heavy (non-hydrogen) atoms. The van der Waals surface area contributed by atoms with Gasteiger partial charge in [0, 0.05) is 19.8 Å². The molecule has 0 aromatic carbocycles. The molecule has 4 rings (SSSR count). The summed E-state index contributed by atoms with van der Waals surface area (Å²) < 4.78 is 18.5. The molecule has 4 fully saturated rings. The second-order valence-electron chi connectivity index (χ2n) is 7.05. The first-order valence-corrected chi connectivity index (χ1v) is 8.58. The van der Waals surface area contributed by atoms with Crippen LogP contribution < -0.4 is 0 Å². The Morgan fingerprint density at radius 2 is 1.10 bits per heavy atom. The first kappa shape index (κ1) is 14.8. The first-order valence-electron chi connectivity index (χ1n) is 8.58. The Balaban J connectivity index is 1.92. The van der Waals surface area contributed by atoms with Gasteiger partial charge in [-0.15, -0.1) is 0 Å². The second-order valence-corrected chi connectivity index (χ2v) is 7.05. The molecule has 4 aliphatic carbocycles. The van der Waals surface area contributed by atoms with E-state index in [4.69, 9.17) is 14.2 Å². The number of rotatable bonds is 7. The fourth-order valence-electron chi connectivity index (χ4n) is 5.64. The van der Waals surface area contributed by atoms with E-state index < -0.39 is 5.97 Å². The molecule has 0 radical (unpaired) electrons. The quantitative estimate of drug-likeness (QED) is 0.661. The molecule has 3 heteroatoms. The van der Waals surface area contributed by atoms with Crippen molar-refractivity contribution in [3.05, 3.63) is 0 Å².